The lowest BCUT2D eigenvalue weighted by Crippen LogP contribution is -2.32. The highest BCUT2D eigenvalue weighted by molar-refractivity contribution is 4.68. The second kappa shape index (κ2) is 6.35. The minimum Gasteiger partial charge on any atom is -0.379 e. The van der Waals surface area contributed by atoms with Crippen molar-refractivity contribution in [3.63, 3.8) is 0 Å². The van der Waals surface area contributed by atoms with Gasteiger partial charge in [-0.2, -0.15) is 0 Å². The molecule has 2 unspecified atom stereocenters. The topological polar surface area (TPSA) is 30.5 Å². The van der Waals surface area contributed by atoms with Crippen LogP contribution in [0, 0.1) is 0 Å². The summed E-state index contributed by atoms with van der Waals surface area (Å²) in [6.45, 7) is 7.90. The number of hydrogen-bond acceptors (Lipinski definition) is 3. The average Bonchev–Trinajstić information content (AvgIpc) is 2.64. The monoisotopic (exact) mass is 187 g/mol. The molecule has 1 fully saturated rings. The summed E-state index contributed by atoms with van der Waals surface area (Å²) in [6.07, 6.45) is 2.82. The average molecular weight is 187 g/mol. The van der Waals surface area contributed by atoms with Gasteiger partial charge in [0.25, 0.3) is 0 Å². The molecule has 13 heavy (non-hydrogen) atoms. The maximum atomic E-state index is 5.88. The Labute approximate surface area is 80.8 Å². The number of rotatable bonds is 6. The first kappa shape index (κ1) is 11.0. The van der Waals surface area contributed by atoms with Crippen LogP contribution in [0.1, 0.15) is 26.7 Å². The van der Waals surface area contributed by atoms with Crippen molar-refractivity contribution in [2.24, 2.45) is 0 Å². The van der Waals surface area contributed by atoms with Crippen LogP contribution in [0.4, 0.5) is 0 Å². The summed E-state index contributed by atoms with van der Waals surface area (Å²) in [6, 6.07) is 0. The van der Waals surface area contributed by atoms with Crippen LogP contribution in [0.25, 0.3) is 0 Å². The molecule has 0 aromatic heterocycles. The molecule has 3 nitrogen and oxygen atoms in total. The second-order valence-corrected chi connectivity index (χ2v) is 3.46. The molecule has 1 N–H and O–H groups in total. The van der Waals surface area contributed by atoms with Crippen molar-refractivity contribution >= 4 is 0 Å². The molecule has 3 heteroatoms. The Kier molecular flexibility index (Phi) is 5.35. The Balaban J connectivity index is 2.13. The summed E-state index contributed by atoms with van der Waals surface area (Å²) < 4.78 is 11.1. The molecule has 1 aliphatic rings. The summed E-state index contributed by atoms with van der Waals surface area (Å²) in [4.78, 5) is 0. The first-order chi connectivity index (χ1) is 6.36. The molecule has 1 saturated heterocycles. The normalized spacial score (nSPS) is 24.9. The van der Waals surface area contributed by atoms with Crippen molar-refractivity contribution in [2.75, 3.05) is 26.3 Å². The van der Waals surface area contributed by atoms with Crippen molar-refractivity contribution in [3.05, 3.63) is 0 Å². The Bertz CT molecular complexity index is 124. The summed E-state index contributed by atoms with van der Waals surface area (Å²) in [5.41, 5.74) is 0. The third-order valence-corrected chi connectivity index (χ3v) is 2.35. The molecule has 78 valence electrons. The van der Waals surface area contributed by atoms with E-state index in [0.717, 1.165) is 39.1 Å². The van der Waals surface area contributed by atoms with Gasteiger partial charge in [-0.05, 0) is 19.4 Å². The molecular formula is C10H21NO2. The van der Waals surface area contributed by atoms with Crippen LogP contribution in [0.3, 0.4) is 0 Å². The summed E-state index contributed by atoms with van der Waals surface area (Å²) in [5, 5.41) is 3.31. The maximum Gasteiger partial charge on any atom is 0.0834 e. The van der Waals surface area contributed by atoms with Gasteiger partial charge in [-0.3, -0.25) is 0 Å². The van der Waals surface area contributed by atoms with E-state index >= 15 is 0 Å². The van der Waals surface area contributed by atoms with E-state index in [9.17, 15) is 0 Å². The molecule has 0 bridgehead atoms. The fourth-order valence-electron chi connectivity index (χ4n) is 1.49. The lowest BCUT2D eigenvalue weighted by Gasteiger charge is -2.20. The first-order valence-corrected chi connectivity index (χ1v) is 5.30. The molecular weight excluding hydrogens is 166 g/mol. The quantitative estimate of drug-likeness (QED) is 0.677. The molecule has 0 aromatic carbocycles. The number of nitrogens with one attached hydrogen (secondary N) is 1. The lowest BCUT2D eigenvalue weighted by molar-refractivity contribution is -0.0161. The van der Waals surface area contributed by atoms with Crippen LogP contribution in [0.15, 0.2) is 0 Å². The predicted octanol–water partition coefficient (Wildman–Crippen LogP) is 1.18. The van der Waals surface area contributed by atoms with Gasteiger partial charge in [-0.15, -0.1) is 0 Å². The summed E-state index contributed by atoms with van der Waals surface area (Å²) >= 11 is 0. The van der Waals surface area contributed by atoms with Gasteiger partial charge in [0.05, 0.1) is 18.8 Å². The van der Waals surface area contributed by atoms with Gasteiger partial charge in [0.1, 0.15) is 0 Å². The smallest absolute Gasteiger partial charge is 0.0834 e. The van der Waals surface area contributed by atoms with E-state index in [4.69, 9.17) is 9.47 Å². The standard InChI is InChI=1S/C10H21NO2/c1-3-9(7-11-4-2)13-10-5-6-12-8-10/h9-11H,3-8H2,1-2H3. The van der Waals surface area contributed by atoms with E-state index in [-0.39, 0.29) is 0 Å². The van der Waals surface area contributed by atoms with Gasteiger partial charge in [0.15, 0.2) is 0 Å². The molecule has 1 rings (SSSR count). The molecule has 0 amide bonds. The van der Waals surface area contributed by atoms with E-state index in [2.05, 4.69) is 19.2 Å². The zero-order valence-corrected chi connectivity index (χ0v) is 8.71. The zero-order chi connectivity index (χ0) is 9.52. The molecule has 0 aliphatic carbocycles. The van der Waals surface area contributed by atoms with Gasteiger partial charge in [0, 0.05) is 13.2 Å². The van der Waals surface area contributed by atoms with Crippen molar-refractivity contribution in [1.29, 1.82) is 0 Å². The van der Waals surface area contributed by atoms with Gasteiger partial charge >= 0.3 is 0 Å². The van der Waals surface area contributed by atoms with Crippen molar-refractivity contribution < 1.29 is 9.47 Å². The Morgan fingerprint density at radius 2 is 2.38 bits per heavy atom. The van der Waals surface area contributed by atoms with E-state index in [1.807, 2.05) is 0 Å². The summed E-state index contributed by atoms with van der Waals surface area (Å²) in [5.74, 6) is 0. The van der Waals surface area contributed by atoms with Gasteiger partial charge in [-0.1, -0.05) is 13.8 Å². The van der Waals surface area contributed by atoms with E-state index in [1.165, 1.54) is 0 Å². The van der Waals surface area contributed by atoms with Crippen molar-refractivity contribution in [2.45, 2.75) is 38.9 Å². The Morgan fingerprint density at radius 1 is 1.54 bits per heavy atom. The predicted molar refractivity (Wildman–Crippen MR) is 52.9 cm³/mol. The van der Waals surface area contributed by atoms with Crippen LogP contribution < -0.4 is 5.32 Å². The minimum absolute atomic E-state index is 0.337. The number of likely N-dealkylation sites (N-methyl/N-ethyl adjacent to an activating group) is 1. The highest BCUT2D eigenvalue weighted by atomic mass is 16.5. The third-order valence-electron chi connectivity index (χ3n) is 2.35. The number of ether oxygens (including phenoxy) is 2. The minimum atomic E-state index is 0.337. The van der Waals surface area contributed by atoms with Crippen molar-refractivity contribution in [1.82, 2.24) is 5.32 Å². The molecule has 1 heterocycles. The van der Waals surface area contributed by atoms with Gasteiger partial charge < -0.3 is 14.8 Å². The van der Waals surface area contributed by atoms with E-state index in [1.54, 1.807) is 0 Å². The van der Waals surface area contributed by atoms with Gasteiger partial charge in [0.2, 0.25) is 0 Å². The maximum absolute atomic E-state index is 5.88. The Morgan fingerprint density at radius 3 is 2.92 bits per heavy atom. The third kappa shape index (κ3) is 4.07. The van der Waals surface area contributed by atoms with E-state index < -0.39 is 0 Å². The summed E-state index contributed by atoms with van der Waals surface area (Å²) in [7, 11) is 0. The Hall–Kier alpha value is -0.120. The van der Waals surface area contributed by atoms with Crippen LogP contribution >= 0.6 is 0 Å². The van der Waals surface area contributed by atoms with Crippen LogP contribution in [-0.4, -0.2) is 38.5 Å². The van der Waals surface area contributed by atoms with Crippen LogP contribution in [-0.2, 0) is 9.47 Å². The van der Waals surface area contributed by atoms with E-state index in [0.29, 0.717) is 12.2 Å². The number of hydrogen-bond donors (Lipinski definition) is 1. The molecule has 0 radical (unpaired) electrons. The fourth-order valence-corrected chi connectivity index (χ4v) is 1.49. The van der Waals surface area contributed by atoms with Crippen LogP contribution in [0.5, 0.6) is 0 Å². The molecule has 0 spiro atoms. The molecule has 1 aliphatic heterocycles. The molecule has 0 aromatic rings. The highest BCUT2D eigenvalue weighted by Crippen LogP contribution is 2.11. The SMILES string of the molecule is CCNCC(CC)OC1CCOC1. The van der Waals surface area contributed by atoms with Crippen molar-refractivity contribution in [3.8, 4) is 0 Å². The second-order valence-electron chi connectivity index (χ2n) is 3.46. The molecule has 2 atom stereocenters. The van der Waals surface area contributed by atoms with Crippen LogP contribution in [0.2, 0.25) is 0 Å². The highest BCUT2D eigenvalue weighted by Gasteiger charge is 2.19. The largest absolute Gasteiger partial charge is 0.379 e. The molecule has 0 saturated carbocycles. The first-order valence-electron chi connectivity index (χ1n) is 5.30. The zero-order valence-electron chi connectivity index (χ0n) is 8.71. The van der Waals surface area contributed by atoms with Gasteiger partial charge in [-0.25, -0.2) is 0 Å². The lowest BCUT2D eigenvalue weighted by atomic mass is 10.2. The fraction of sp³-hybridized carbons (Fsp3) is 1.00.